The monoisotopic (exact) mass is 461 g/mol. The molecular formula is C23H42O7P+. The van der Waals surface area contributed by atoms with E-state index in [-0.39, 0.29) is 6.61 Å². The van der Waals surface area contributed by atoms with E-state index < -0.39 is 26.5 Å². The summed E-state index contributed by atoms with van der Waals surface area (Å²) in [6.07, 6.45) is 20.3. The third kappa shape index (κ3) is 21.9. The van der Waals surface area contributed by atoms with Gasteiger partial charge in [0.2, 0.25) is 6.61 Å². The zero-order valence-corrected chi connectivity index (χ0v) is 20.1. The van der Waals surface area contributed by atoms with Gasteiger partial charge in [-0.3, -0.25) is 9.32 Å². The van der Waals surface area contributed by atoms with E-state index in [9.17, 15) is 19.4 Å². The maximum absolute atomic E-state index is 11.7. The fraction of sp³-hybridized carbons (Fsp3) is 0.739. The number of ether oxygens (including phenoxy) is 1. The highest BCUT2D eigenvalue weighted by molar-refractivity contribution is 7.47. The molecule has 0 bridgehead atoms. The van der Waals surface area contributed by atoms with Crippen molar-refractivity contribution in [2.75, 3.05) is 13.2 Å². The van der Waals surface area contributed by atoms with Crippen molar-refractivity contribution in [2.24, 2.45) is 0 Å². The molecule has 0 rings (SSSR count). The first-order valence-corrected chi connectivity index (χ1v) is 13.0. The highest BCUT2D eigenvalue weighted by Gasteiger charge is 2.27. The van der Waals surface area contributed by atoms with Crippen molar-refractivity contribution in [2.45, 2.75) is 97.0 Å². The van der Waals surface area contributed by atoms with Crippen molar-refractivity contribution >= 4 is 13.8 Å². The molecule has 0 aliphatic heterocycles. The van der Waals surface area contributed by atoms with Gasteiger partial charge in [-0.1, -0.05) is 67.9 Å². The zero-order valence-electron chi connectivity index (χ0n) is 19.2. The van der Waals surface area contributed by atoms with Gasteiger partial charge in [0.25, 0.3) is 0 Å². The van der Waals surface area contributed by atoms with E-state index in [1.54, 1.807) is 0 Å². The third-order valence-electron chi connectivity index (χ3n) is 4.44. The molecule has 0 aliphatic carbocycles. The normalized spacial score (nSPS) is 14.7. The lowest BCUT2D eigenvalue weighted by Gasteiger charge is -2.12. The van der Waals surface area contributed by atoms with Gasteiger partial charge in [0.1, 0.15) is 19.6 Å². The van der Waals surface area contributed by atoms with Crippen LogP contribution in [-0.2, 0) is 23.1 Å². The molecule has 0 aliphatic rings. The Hall–Kier alpha value is -1.11. The summed E-state index contributed by atoms with van der Waals surface area (Å²) >= 11 is 0. The molecule has 2 N–H and O–H groups in total. The van der Waals surface area contributed by atoms with Crippen molar-refractivity contribution in [3.05, 3.63) is 30.9 Å². The second-order valence-corrected chi connectivity index (χ2v) is 8.83. The molecule has 0 aromatic rings. The van der Waals surface area contributed by atoms with Gasteiger partial charge in [0.05, 0.1) is 6.61 Å². The first-order chi connectivity index (χ1) is 14.9. The molecule has 180 valence electrons. The minimum atomic E-state index is -4.20. The lowest BCUT2D eigenvalue weighted by atomic mass is 10.1. The van der Waals surface area contributed by atoms with E-state index in [1.807, 2.05) is 0 Å². The van der Waals surface area contributed by atoms with Crippen LogP contribution in [0.15, 0.2) is 24.3 Å². The fourth-order valence-electron chi connectivity index (χ4n) is 2.73. The molecule has 0 saturated carbocycles. The van der Waals surface area contributed by atoms with Gasteiger partial charge >= 0.3 is 13.8 Å². The van der Waals surface area contributed by atoms with Crippen LogP contribution in [0.1, 0.15) is 90.9 Å². The van der Waals surface area contributed by atoms with Crippen LogP contribution in [0.25, 0.3) is 0 Å². The summed E-state index contributed by atoms with van der Waals surface area (Å²) in [5, 5.41) is 9.62. The predicted molar refractivity (Wildman–Crippen MR) is 123 cm³/mol. The number of carbonyl (C=O) groups is 1. The summed E-state index contributed by atoms with van der Waals surface area (Å²) in [4.78, 5) is 20.9. The van der Waals surface area contributed by atoms with E-state index in [0.29, 0.717) is 6.42 Å². The van der Waals surface area contributed by atoms with Crippen LogP contribution in [0, 0.1) is 6.61 Å². The zero-order chi connectivity index (χ0) is 23.2. The van der Waals surface area contributed by atoms with Crippen molar-refractivity contribution in [1.29, 1.82) is 0 Å². The Morgan fingerprint density at radius 1 is 0.968 bits per heavy atom. The number of carbonyl (C=O) groups excluding carboxylic acids is 1. The minimum Gasteiger partial charge on any atom is -0.463 e. The number of rotatable bonds is 21. The molecule has 0 saturated heterocycles. The maximum atomic E-state index is 11.7. The van der Waals surface area contributed by atoms with Gasteiger partial charge in [-0.15, -0.1) is 0 Å². The molecule has 7 nitrogen and oxygen atoms in total. The maximum Gasteiger partial charge on any atom is 0.512 e. The largest absolute Gasteiger partial charge is 0.512 e. The summed E-state index contributed by atoms with van der Waals surface area (Å²) in [5.41, 5.74) is 0. The number of phosphoric ester groups is 1. The Labute approximate surface area is 188 Å². The number of hydrogen-bond donors (Lipinski definition) is 2. The number of unbranched alkanes of at least 4 members (excludes halogenated alkanes) is 8. The SMILES string of the molecule is C[CH+]OP(=O)(O)OCC(O)COC(=O)CCCCCCC/C=C/C/C=C/CCCCC. The molecule has 8 heteroatoms. The van der Waals surface area contributed by atoms with Gasteiger partial charge < -0.3 is 14.7 Å². The molecule has 0 radical (unpaired) electrons. The van der Waals surface area contributed by atoms with Crippen molar-refractivity contribution in [1.82, 2.24) is 0 Å². The number of aliphatic hydroxyl groups is 1. The van der Waals surface area contributed by atoms with Crippen LogP contribution < -0.4 is 0 Å². The fourth-order valence-corrected chi connectivity index (χ4v) is 3.42. The summed E-state index contributed by atoms with van der Waals surface area (Å²) in [7, 11) is -4.20. The highest BCUT2D eigenvalue weighted by Crippen LogP contribution is 2.43. The first-order valence-electron chi connectivity index (χ1n) is 11.5. The molecule has 2 atom stereocenters. The first kappa shape index (κ1) is 29.9. The molecule has 0 amide bonds. The van der Waals surface area contributed by atoms with Gasteiger partial charge in [-0.2, -0.15) is 0 Å². The number of hydrogen-bond acceptors (Lipinski definition) is 6. The van der Waals surface area contributed by atoms with Gasteiger partial charge in [-0.25, -0.2) is 4.57 Å². The molecule has 0 aromatic heterocycles. The van der Waals surface area contributed by atoms with Crippen LogP contribution in [0.5, 0.6) is 0 Å². The quantitative estimate of drug-likeness (QED) is 0.0708. The van der Waals surface area contributed by atoms with Gasteiger partial charge in [0.15, 0.2) is 0 Å². The van der Waals surface area contributed by atoms with Gasteiger partial charge in [-0.05, 0) is 38.5 Å². The van der Waals surface area contributed by atoms with E-state index in [0.717, 1.165) is 51.6 Å². The highest BCUT2D eigenvalue weighted by atomic mass is 31.2. The number of phosphoric acid groups is 1. The molecule has 31 heavy (non-hydrogen) atoms. The topological polar surface area (TPSA) is 102 Å². The van der Waals surface area contributed by atoms with Crippen molar-refractivity contribution < 1.29 is 33.1 Å². The van der Waals surface area contributed by atoms with Crippen LogP contribution in [0.3, 0.4) is 0 Å². The molecule has 0 fully saturated rings. The van der Waals surface area contributed by atoms with Crippen molar-refractivity contribution in [3.63, 3.8) is 0 Å². The van der Waals surface area contributed by atoms with Crippen LogP contribution >= 0.6 is 7.82 Å². The number of aliphatic hydroxyl groups excluding tert-OH is 1. The standard InChI is InChI=1S/C23H41O7P/c1-3-5-6-7-8-9-10-11-12-13-14-15-16-17-18-19-23(25)28-20-22(24)21-30-31(26,27)29-4-2/h4,8-9,11-12,22,24H,3,5-7,10,13-21H2,1-2H3/p+1/b9-8+,12-11+. The minimum absolute atomic E-state index is 0.283. The lowest BCUT2D eigenvalue weighted by Crippen LogP contribution is -2.23. The smallest absolute Gasteiger partial charge is 0.463 e. The Balaban J connectivity index is 3.51. The number of esters is 1. The van der Waals surface area contributed by atoms with E-state index in [2.05, 4.69) is 40.3 Å². The third-order valence-corrected chi connectivity index (χ3v) is 5.39. The summed E-state index contributed by atoms with van der Waals surface area (Å²) in [5.74, 6) is -0.393. The Morgan fingerprint density at radius 2 is 1.58 bits per heavy atom. The lowest BCUT2D eigenvalue weighted by molar-refractivity contribution is -0.147. The second kappa shape index (κ2) is 20.8. The predicted octanol–water partition coefficient (Wildman–Crippen LogP) is 6.02. The van der Waals surface area contributed by atoms with E-state index in [4.69, 9.17) is 4.74 Å². The molecule has 2 unspecified atom stereocenters. The Bertz CT molecular complexity index is 534. The van der Waals surface area contributed by atoms with E-state index >= 15 is 0 Å². The molecule has 0 spiro atoms. The summed E-state index contributed by atoms with van der Waals surface area (Å²) < 4.78 is 25.2. The second-order valence-electron chi connectivity index (χ2n) is 7.42. The van der Waals surface area contributed by atoms with Crippen LogP contribution in [0.2, 0.25) is 0 Å². The average molecular weight is 462 g/mol. The number of allylic oxidation sites excluding steroid dienone is 4. The molecular weight excluding hydrogens is 419 g/mol. The Morgan fingerprint density at radius 3 is 2.23 bits per heavy atom. The summed E-state index contributed by atoms with van der Waals surface area (Å²) in [6.45, 7) is 3.93. The molecule has 0 aromatic carbocycles. The van der Waals surface area contributed by atoms with Crippen molar-refractivity contribution in [3.8, 4) is 0 Å². The average Bonchev–Trinajstić information content (AvgIpc) is 2.73. The summed E-state index contributed by atoms with van der Waals surface area (Å²) in [6, 6.07) is 0. The molecule has 0 heterocycles. The van der Waals surface area contributed by atoms with Crippen LogP contribution in [0.4, 0.5) is 0 Å². The Kier molecular flexibility index (Phi) is 20.0. The van der Waals surface area contributed by atoms with Gasteiger partial charge in [0, 0.05) is 6.42 Å². The van der Waals surface area contributed by atoms with E-state index in [1.165, 1.54) is 32.6 Å². The van der Waals surface area contributed by atoms with Crippen LogP contribution in [-0.4, -0.2) is 35.3 Å².